The summed E-state index contributed by atoms with van der Waals surface area (Å²) < 4.78 is 4.46. The first-order valence-electron chi connectivity index (χ1n) is 11.6. The van der Waals surface area contributed by atoms with Crippen LogP contribution in [0.3, 0.4) is 0 Å². The van der Waals surface area contributed by atoms with Gasteiger partial charge in [0.1, 0.15) is 0 Å². The van der Waals surface area contributed by atoms with Gasteiger partial charge in [-0.05, 0) is 6.26 Å². The molecule has 2 aromatic carbocycles. The molecule has 1 nitrogen and oxygen atoms in total. The molecule has 0 fully saturated rings. The normalized spacial score (nSPS) is 9.65. The van der Waals surface area contributed by atoms with Crippen molar-refractivity contribution in [2.24, 2.45) is 0 Å². The van der Waals surface area contributed by atoms with Crippen LogP contribution in [0.1, 0.15) is 55.6 Å². The van der Waals surface area contributed by atoms with E-state index in [1.54, 1.807) is 24.3 Å². The van der Waals surface area contributed by atoms with E-state index >= 15 is 0 Å². The summed E-state index contributed by atoms with van der Waals surface area (Å²) in [6.45, 7) is 31.6. The molecule has 204 valence electrons. The van der Waals surface area contributed by atoms with Gasteiger partial charge >= 0.3 is 0 Å². The van der Waals surface area contributed by atoms with E-state index in [0.29, 0.717) is 0 Å². The van der Waals surface area contributed by atoms with Crippen LogP contribution in [0.5, 0.6) is 0 Å². The summed E-state index contributed by atoms with van der Waals surface area (Å²) in [6, 6.07) is 3.49. The summed E-state index contributed by atoms with van der Waals surface area (Å²) in [5.41, 5.74) is 14.7. The molecular weight excluding hydrogens is 811 g/mol. The maximum atomic E-state index is 4.46. The van der Waals surface area contributed by atoms with Gasteiger partial charge < -0.3 is 32.2 Å². The first-order valence-corrected chi connectivity index (χ1v) is 17.0. The van der Waals surface area contributed by atoms with Gasteiger partial charge in [-0.25, -0.2) is 34.6 Å². The van der Waals surface area contributed by atoms with Gasteiger partial charge in [-0.1, -0.05) is 40.9 Å². The molecule has 0 N–H and O–H groups in total. The van der Waals surface area contributed by atoms with Crippen molar-refractivity contribution in [1.29, 1.82) is 0 Å². The second-order valence-electron chi connectivity index (χ2n) is 9.57. The molecule has 1 aromatic heterocycles. The largest absolute Gasteiger partial charge is 0.731 e. The Morgan fingerprint density at radius 3 is 1.09 bits per heavy atom. The molecule has 0 saturated carbocycles. The van der Waals surface area contributed by atoms with E-state index in [-0.39, 0.29) is 56.1 Å². The Hall–Kier alpha value is 0.139. The average molecular weight is 860 g/mol. The third-order valence-electron chi connectivity index (χ3n) is 6.71. The topological polar surface area (TPSA) is 13.1 Å². The zero-order valence-electron chi connectivity index (χ0n) is 24.0. The van der Waals surface area contributed by atoms with E-state index in [9.17, 15) is 0 Å². The van der Waals surface area contributed by atoms with Crippen LogP contribution < -0.4 is 0 Å². The molecule has 0 atom stereocenters. The van der Waals surface area contributed by atoms with Crippen molar-refractivity contribution in [2.75, 3.05) is 32.6 Å². The Morgan fingerprint density at radius 2 is 1.00 bits per heavy atom. The Morgan fingerprint density at radius 1 is 0.676 bits per heavy atom. The van der Waals surface area contributed by atoms with Crippen molar-refractivity contribution in [2.45, 2.75) is 69.2 Å². The van der Waals surface area contributed by atoms with Gasteiger partial charge in [0.2, 0.25) is 0 Å². The van der Waals surface area contributed by atoms with E-state index in [2.05, 4.69) is 107 Å². The number of rotatable bonds is 2. The minimum absolute atomic E-state index is 0. The first kappa shape index (κ1) is 38.7. The molecule has 0 aliphatic carbocycles. The van der Waals surface area contributed by atoms with Crippen LogP contribution in [0.4, 0.5) is 0 Å². The van der Waals surface area contributed by atoms with Gasteiger partial charge in [0, 0.05) is 82.7 Å². The van der Waals surface area contributed by atoms with Crippen LogP contribution >= 0.6 is 15.8 Å². The van der Waals surface area contributed by atoms with Crippen molar-refractivity contribution in [3.8, 4) is 0 Å². The van der Waals surface area contributed by atoms with Crippen molar-refractivity contribution in [3.63, 3.8) is 0 Å². The van der Waals surface area contributed by atoms with Crippen molar-refractivity contribution < 1.29 is 44.6 Å². The SMILES string of the molecule is C[PH+](C)C[PH+](C)C.C[c-]1[c-](C)[c-](C)[c-](C)[c-]1C.Cc1c(C)c(C)[c-](C)c1C.[Ir].[Ir].[c-]1ccco1. The molecule has 0 aliphatic heterocycles. The molecule has 34 heavy (non-hydrogen) atoms. The zero-order valence-corrected chi connectivity index (χ0v) is 30.8. The molecule has 5 heteroatoms. The molecule has 0 aliphatic rings. The quantitative estimate of drug-likeness (QED) is 0.186. The molecule has 3 rings (SSSR count). The predicted molar refractivity (Wildman–Crippen MR) is 154 cm³/mol. The third-order valence-corrected chi connectivity index (χ3v) is 12.4. The van der Waals surface area contributed by atoms with Gasteiger partial charge in [0.05, 0.1) is 0 Å². The van der Waals surface area contributed by atoms with E-state index in [1.165, 1.54) is 55.6 Å². The van der Waals surface area contributed by atoms with Crippen LogP contribution in [-0.4, -0.2) is 32.6 Å². The molecule has 0 amide bonds. The van der Waals surface area contributed by atoms with E-state index in [4.69, 9.17) is 0 Å². The zero-order chi connectivity index (χ0) is 25.2. The number of hydrogen-bond acceptors (Lipinski definition) is 1. The van der Waals surface area contributed by atoms with Gasteiger partial charge in [-0.3, -0.25) is 0 Å². The van der Waals surface area contributed by atoms with Crippen LogP contribution in [-0.2, 0) is 40.2 Å². The fourth-order valence-corrected chi connectivity index (χ4v) is 9.37. The van der Waals surface area contributed by atoms with Gasteiger partial charge in [-0.15, -0.1) is 6.07 Å². The minimum atomic E-state index is 0. The van der Waals surface area contributed by atoms with Crippen LogP contribution in [0.25, 0.3) is 0 Å². The smallest absolute Gasteiger partial charge is 0.154 e. The summed E-state index contributed by atoms with van der Waals surface area (Å²) in [7, 11) is 0.222. The second-order valence-corrected chi connectivity index (χ2v) is 15.8. The van der Waals surface area contributed by atoms with Crippen molar-refractivity contribution in [3.05, 3.63) is 80.3 Å². The molecule has 0 spiro atoms. The summed E-state index contributed by atoms with van der Waals surface area (Å²) in [5, 5.41) is 0. The first-order chi connectivity index (χ1) is 14.7. The Kier molecular flexibility index (Phi) is 21.9. The average Bonchev–Trinajstić information content (AvgIpc) is 3.41. The minimum Gasteiger partial charge on any atom is -0.731 e. The monoisotopic (exact) mass is 861 g/mol. The molecular formula is C29H49Ir2OP2-5. The van der Waals surface area contributed by atoms with Gasteiger partial charge in [0.15, 0.2) is 5.90 Å². The summed E-state index contributed by atoms with van der Waals surface area (Å²) in [5.74, 6) is 1.56. The van der Waals surface area contributed by atoms with Gasteiger partial charge in [-0.2, -0.15) is 33.9 Å². The van der Waals surface area contributed by atoms with E-state index < -0.39 is 0 Å². The van der Waals surface area contributed by atoms with Crippen LogP contribution in [0.2, 0.25) is 0 Å². The Labute approximate surface area is 241 Å². The van der Waals surface area contributed by atoms with E-state index in [0.717, 1.165) is 0 Å². The van der Waals surface area contributed by atoms with Gasteiger partial charge in [0.25, 0.3) is 0 Å². The van der Waals surface area contributed by atoms with Crippen LogP contribution in [0.15, 0.2) is 22.8 Å². The molecule has 2 radical (unpaired) electrons. The van der Waals surface area contributed by atoms with Crippen molar-refractivity contribution >= 4 is 15.8 Å². The summed E-state index contributed by atoms with van der Waals surface area (Å²) in [4.78, 5) is 0. The fourth-order valence-electron chi connectivity index (χ4n) is 3.72. The Balaban J connectivity index is -0.000000381. The number of hydrogen-bond donors (Lipinski definition) is 0. The number of furan rings is 1. The maximum Gasteiger partial charge on any atom is 0.154 e. The van der Waals surface area contributed by atoms with E-state index in [1.807, 2.05) is 0 Å². The third kappa shape index (κ3) is 12.9. The van der Waals surface area contributed by atoms with Crippen molar-refractivity contribution in [1.82, 2.24) is 0 Å². The summed E-state index contributed by atoms with van der Waals surface area (Å²) >= 11 is 0. The predicted octanol–water partition coefficient (Wildman–Crippen LogP) is 8.86. The molecule has 0 unspecified atom stereocenters. The molecule has 0 bridgehead atoms. The molecule has 0 saturated heterocycles. The Bertz CT molecular complexity index is 677. The van der Waals surface area contributed by atoms with Crippen LogP contribution in [0, 0.1) is 75.5 Å². The molecule has 3 aromatic rings. The second kappa shape index (κ2) is 19.3. The fraction of sp³-hybridized carbons (Fsp3) is 0.517. The summed E-state index contributed by atoms with van der Waals surface area (Å²) in [6.07, 6.45) is 4.06. The standard InChI is InChI=1S/2C10H15.C5H14P2.C4H3O.2Ir/c2*1-6-7(2)9(4)10(5)8(6)3;1-6(2)5-7(3)4;1-2-4-5-3-1;;/h2*1-5H3;5H2,1-4H3;1-3H;;/q-5;-1;;-1;;/p+2. The maximum absolute atomic E-state index is 4.46. The molecule has 1 heterocycles.